The monoisotopic (exact) mass is 695 g/mol. The molecule has 6 aromatic rings. The van der Waals surface area contributed by atoms with E-state index in [0.717, 1.165) is 39.1 Å². The molecule has 0 radical (unpaired) electrons. The Labute approximate surface area is 298 Å². The standard InChI is InChI=1S/C40H33N5O5S/c46-24-26-16-18-28(19-17-26)36-22-33(25-51-40-41-42-43-45(40)32-12-2-1-3-13-32)49-39(50-36)31-11-7-10-30(21-31)29-9-6-8-27(20-29)23-44-37(47)34-14-4-5-15-35(34)38(44)48/h1-21,33,36,39,46H,22-25H2/t33-,36+,39+/m1/s1. The molecule has 51 heavy (non-hydrogen) atoms. The first-order valence-electron chi connectivity index (χ1n) is 16.7. The minimum atomic E-state index is -0.654. The van der Waals surface area contributed by atoms with Crippen LogP contribution in [0.4, 0.5) is 0 Å². The van der Waals surface area contributed by atoms with Gasteiger partial charge in [0, 0.05) is 17.7 Å². The second-order valence-corrected chi connectivity index (χ2v) is 13.4. The van der Waals surface area contributed by atoms with Gasteiger partial charge in [-0.25, -0.2) is 0 Å². The van der Waals surface area contributed by atoms with E-state index in [4.69, 9.17) is 9.47 Å². The number of nitrogens with zero attached hydrogens (tertiary/aromatic N) is 5. The maximum Gasteiger partial charge on any atom is 0.261 e. The summed E-state index contributed by atoms with van der Waals surface area (Å²) in [4.78, 5) is 27.3. The lowest BCUT2D eigenvalue weighted by Gasteiger charge is -2.36. The predicted octanol–water partition coefficient (Wildman–Crippen LogP) is 6.96. The molecule has 1 aromatic heterocycles. The van der Waals surface area contributed by atoms with Crippen molar-refractivity contribution in [2.24, 2.45) is 0 Å². The molecule has 0 spiro atoms. The average molecular weight is 696 g/mol. The van der Waals surface area contributed by atoms with Gasteiger partial charge < -0.3 is 14.6 Å². The number of imide groups is 1. The number of aliphatic hydroxyl groups excluding tert-OH is 1. The Balaban J connectivity index is 1.03. The zero-order valence-corrected chi connectivity index (χ0v) is 28.2. The number of tetrazole rings is 1. The fraction of sp³-hybridized carbons (Fsp3) is 0.175. The van der Waals surface area contributed by atoms with Gasteiger partial charge in [-0.2, -0.15) is 4.68 Å². The van der Waals surface area contributed by atoms with Gasteiger partial charge in [-0.15, -0.1) is 5.10 Å². The summed E-state index contributed by atoms with van der Waals surface area (Å²) in [5.41, 5.74) is 7.19. The Morgan fingerprint density at radius 3 is 2.18 bits per heavy atom. The Morgan fingerprint density at radius 2 is 1.43 bits per heavy atom. The van der Waals surface area contributed by atoms with Gasteiger partial charge in [0.25, 0.3) is 11.8 Å². The number of hydrogen-bond donors (Lipinski definition) is 1. The van der Waals surface area contributed by atoms with Gasteiger partial charge >= 0.3 is 0 Å². The number of ether oxygens (including phenoxy) is 2. The third-order valence-corrected chi connectivity index (χ3v) is 10.1. The van der Waals surface area contributed by atoms with Crippen molar-refractivity contribution in [2.75, 3.05) is 5.75 Å². The molecule has 0 unspecified atom stereocenters. The smallest absolute Gasteiger partial charge is 0.261 e. The molecule has 2 aliphatic rings. The second-order valence-electron chi connectivity index (χ2n) is 12.4. The molecule has 1 saturated heterocycles. The van der Waals surface area contributed by atoms with E-state index in [9.17, 15) is 14.7 Å². The highest BCUT2D eigenvalue weighted by Gasteiger charge is 2.35. The first kappa shape index (κ1) is 32.7. The van der Waals surface area contributed by atoms with Crippen molar-refractivity contribution >= 4 is 23.6 Å². The summed E-state index contributed by atoms with van der Waals surface area (Å²) in [5, 5.41) is 22.6. The number of benzene rings is 5. The zero-order chi connectivity index (χ0) is 34.7. The van der Waals surface area contributed by atoms with Crippen molar-refractivity contribution in [1.82, 2.24) is 25.1 Å². The van der Waals surface area contributed by atoms with E-state index in [1.165, 1.54) is 16.7 Å². The molecule has 1 fully saturated rings. The van der Waals surface area contributed by atoms with Crippen LogP contribution in [0.25, 0.3) is 16.8 Å². The van der Waals surface area contributed by atoms with Crippen LogP contribution in [-0.2, 0) is 22.6 Å². The SMILES string of the molecule is O=C1c2ccccc2C(=O)N1Cc1cccc(-c2cccc([C@H]3O[C@@H](CSc4nnnn4-c4ccccc4)C[C@@H](c4ccc(CO)cc4)O3)c2)c1. The summed E-state index contributed by atoms with van der Waals surface area (Å²) in [6.07, 6.45) is -0.477. The van der Waals surface area contributed by atoms with Gasteiger partial charge in [-0.05, 0) is 74.6 Å². The first-order chi connectivity index (χ1) is 25.0. The van der Waals surface area contributed by atoms with E-state index in [-0.39, 0.29) is 37.2 Å². The Bertz CT molecular complexity index is 2160. The van der Waals surface area contributed by atoms with Crippen molar-refractivity contribution in [3.8, 4) is 16.8 Å². The molecule has 3 heterocycles. The van der Waals surface area contributed by atoms with Gasteiger partial charge in [0.2, 0.25) is 5.16 Å². The third-order valence-electron chi connectivity index (χ3n) is 9.09. The van der Waals surface area contributed by atoms with Gasteiger partial charge in [-0.3, -0.25) is 14.5 Å². The molecule has 0 aliphatic carbocycles. The van der Waals surface area contributed by atoms with Crippen molar-refractivity contribution in [1.29, 1.82) is 0 Å². The van der Waals surface area contributed by atoms with E-state index in [0.29, 0.717) is 28.5 Å². The topological polar surface area (TPSA) is 120 Å². The average Bonchev–Trinajstić information content (AvgIpc) is 3.76. The quantitative estimate of drug-likeness (QED) is 0.120. The normalized spacial score (nSPS) is 18.6. The molecule has 8 rings (SSSR count). The molecule has 5 aromatic carbocycles. The Kier molecular flexibility index (Phi) is 9.25. The van der Waals surface area contributed by atoms with Crippen LogP contribution in [0.3, 0.4) is 0 Å². The van der Waals surface area contributed by atoms with Crippen LogP contribution in [-0.4, -0.2) is 53.9 Å². The Hall–Kier alpha value is -5.46. The lowest BCUT2D eigenvalue weighted by Crippen LogP contribution is -2.31. The fourth-order valence-corrected chi connectivity index (χ4v) is 7.38. The molecular weight excluding hydrogens is 663 g/mol. The van der Waals surface area contributed by atoms with Gasteiger partial charge in [-0.1, -0.05) is 103 Å². The number of aliphatic hydroxyl groups is 1. The zero-order valence-electron chi connectivity index (χ0n) is 27.4. The summed E-state index contributed by atoms with van der Waals surface area (Å²) < 4.78 is 15.0. The second kappa shape index (κ2) is 14.4. The fourth-order valence-electron chi connectivity index (χ4n) is 6.47. The number of para-hydroxylation sites is 1. The molecule has 2 amide bonds. The van der Waals surface area contributed by atoms with E-state index >= 15 is 0 Å². The molecule has 3 atom stereocenters. The summed E-state index contributed by atoms with van der Waals surface area (Å²) in [6.45, 7) is 0.150. The molecule has 11 heteroatoms. The number of rotatable bonds is 10. The Morgan fingerprint density at radius 1 is 0.725 bits per heavy atom. The minimum Gasteiger partial charge on any atom is -0.392 e. The van der Waals surface area contributed by atoms with E-state index in [1.54, 1.807) is 28.9 Å². The molecule has 1 N–H and O–H groups in total. The summed E-state index contributed by atoms with van der Waals surface area (Å²) in [6, 6.07) is 40.4. The number of fused-ring (bicyclic) bond motifs is 1. The number of carbonyl (C=O) groups is 2. The number of amides is 2. The van der Waals surface area contributed by atoms with Crippen molar-refractivity contribution in [2.45, 2.75) is 43.2 Å². The molecule has 2 aliphatic heterocycles. The highest BCUT2D eigenvalue weighted by Crippen LogP contribution is 2.40. The van der Waals surface area contributed by atoms with Gasteiger partial charge in [0.15, 0.2) is 6.29 Å². The predicted molar refractivity (Wildman–Crippen MR) is 191 cm³/mol. The highest BCUT2D eigenvalue weighted by molar-refractivity contribution is 7.99. The van der Waals surface area contributed by atoms with Crippen LogP contribution < -0.4 is 0 Å². The number of thioether (sulfide) groups is 1. The lowest BCUT2D eigenvalue weighted by molar-refractivity contribution is -0.245. The maximum atomic E-state index is 13.0. The first-order valence-corrected chi connectivity index (χ1v) is 17.6. The van der Waals surface area contributed by atoms with E-state index in [1.807, 2.05) is 97.1 Å². The minimum absolute atomic E-state index is 0.0285. The molecule has 254 valence electrons. The lowest BCUT2D eigenvalue weighted by atomic mass is 9.99. The highest BCUT2D eigenvalue weighted by atomic mass is 32.2. The van der Waals surface area contributed by atoms with Crippen LogP contribution in [0, 0.1) is 0 Å². The van der Waals surface area contributed by atoms with Gasteiger partial charge in [0.05, 0.1) is 42.2 Å². The van der Waals surface area contributed by atoms with Crippen LogP contribution in [0.5, 0.6) is 0 Å². The van der Waals surface area contributed by atoms with Crippen LogP contribution in [0.2, 0.25) is 0 Å². The van der Waals surface area contributed by atoms with Crippen LogP contribution >= 0.6 is 11.8 Å². The molecule has 0 saturated carbocycles. The third kappa shape index (κ3) is 6.84. The van der Waals surface area contributed by atoms with Crippen molar-refractivity contribution in [3.63, 3.8) is 0 Å². The molecular formula is C40H33N5O5S. The van der Waals surface area contributed by atoms with E-state index in [2.05, 4.69) is 21.6 Å². The summed E-state index contributed by atoms with van der Waals surface area (Å²) in [5.74, 6) is 0.0385. The molecule has 0 bridgehead atoms. The van der Waals surface area contributed by atoms with E-state index < -0.39 is 6.29 Å². The van der Waals surface area contributed by atoms with Crippen LogP contribution in [0.1, 0.15) is 61.8 Å². The van der Waals surface area contributed by atoms with Crippen LogP contribution in [0.15, 0.2) is 133 Å². The summed E-state index contributed by atoms with van der Waals surface area (Å²) >= 11 is 1.53. The van der Waals surface area contributed by atoms with Crippen molar-refractivity contribution in [3.05, 3.63) is 161 Å². The van der Waals surface area contributed by atoms with Crippen molar-refractivity contribution < 1.29 is 24.2 Å². The number of aromatic nitrogens is 4. The number of carbonyl (C=O) groups excluding carboxylic acids is 2. The van der Waals surface area contributed by atoms with Gasteiger partial charge in [0.1, 0.15) is 0 Å². The summed E-state index contributed by atoms with van der Waals surface area (Å²) in [7, 11) is 0. The number of hydrogen-bond acceptors (Lipinski definition) is 9. The molecule has 10 nitrogen and oxygen atoms in total. The largest absolute Gasteiger partial charge is 0.392 e. The maximum absolute atomic E-state index is 13.0.